The number of aromatic amines is 1. The third-order valence-electron chi connectivity index (χ3n) is 4.70. The summed E-state index contributed by atoms with van der Waals surface area (Å²) in [7, 11) is 1.64. The molecular formula is C22H17N5O2S2. The summed E-state index contributed by atoms with van der Waals surface area (Å²) in [6, 6.07) is 19.5. The number of hydrogen-bond donors (Lipinski definition) is 1. The minimum absolute atomic E-state index is 0.114. The highest BCUT2D eigenvalue weighted by molar-refractivity contribution is 7.98. The highest BCUT2D eigenvalue weighted by atomic mass is 32.2. The molecular weight excluding hydrogens is 430 g/mol. The molecule has 31 heavy (non-hydrogen) atoms. The second-order valence-electron chi connectivity index (χ2n) is 6.64. The third-order valence-corrected chi connectivity index (χ3v) is 6.54. The number of nitrogens with one attached hydrogen (secondary N) is 1. The summed E-state index contributed by atoms with van der Waals surface area (Å²) in [5.74, 6) is 2.58. The van der Waals surface area contributed by atoms with Crippen LogP contribution in [0.1, 0.15) is 5.82 Å². The Morgan fingerprint density at radius 2 is 1.87 bits per heavy atom. The lowest BCUT2D eigenvalue weighted by Crippen LogP contribution is -2.09. The first kappa shape index (κ1) is 19.5. The number of methoxy groups -OCH3 is 1. The molecule has 0 fully saturated rings. The normalized spacial score (nSPS) is 11.1. The molecule has 0 aliphatic carbocycles. The number of nitrogens with zero attached hydrogens (tertiary/aromatic N) is 4. The van der Waals surface area contributed by atoms with Crippen LogP contribution >= 0.6 is 23.1 Å². The van der Waals surface area contributed by atoms with Gasteiger partial charge in [-0.2, -0.15) is 0 Å². The summed E-state index contributed by atoms with van der Waals surface area (Å²) in [6.07, 6.45) is 0. The van der Waals surface area contributed by atoms with Crippen molar-refractivity contribution in [3.8, 4) is 22.8 Å². The Morgan fingerprint density at radius 3 is 2.65 bits per heavy atom. The van der Waals surface area contributed by atoms with Crippen LogP contribution in [0.15, 0.2) is 76.0 Å². The van der Waals surface area contributed by atoms with Crippen LogP contribution in [0.3, 0.4) is 0 Å². The fourth-order valence-electron chi connectivity index (χ4n) is 3.22. The molecule has 0 radical (unpaired) electrons. The Balaban J connectivity index is 1.52. The van der Waals surface area contributed by atoms with Crippen molar-refractivity contribution in [3.05, 3.63) is 82.2 Å². The number of benzene rings is 2. The summed E-state index contributed by atoms with van der Waals surface area (Å²) in [5.41, 5.74) is 2.48. The molecule has 7 nitrogen and oxygen atoms in total. The Morgan fingerprint density at radius 1 is 1.06 bits per heavy atom. The monoisotopic (exact) mass is 447 g/mol. The van der Waals surface area contributed by atoms with Gasteiger partial charge in [-0.3, -0.25) is 9.36 Å². The number of H-pyrrole nitrogens is 1. The first-order valence-electron chi connectivity index (χ1n) is 9.47. The summed E-state index contributed by atoms with van der Waals surface area (Å²) in [6.45, 7) is 0. The van der Waals surface area contributed by atoms with Crippen molar-refractivity contribution in [2.24, 2.45) is 0 Å². The van der Waals surface area contributed by atoms with Crippen LogP contribution in [-0.2, 0) is 5.75 Å². The van der Waals surface area contributed by atoms with Crippen LogP contribution in [-0.4, -0.2) is 31.8 Å². The maximum atomic E-state index is 12.3. The number of thioether (sulfide) groups is 1. The van der Waals surface area contributed by atoms with Crippen molar-refractivity contribution in [1.82, 2.24) is 24.7 Å². The lowest BCUT2D eigenvalue weighted by molar-refractivity contribution is 0.414. The molecule has 1 N–H and O–H groups in total. The van der Waals surface area contributed by atoms with Gasteiger partial charge < -0.3 is 9.72 Å². The summed E-state index contributed by atoms with van der Waals surface area (Å²) >= 11 is 2.86. The van der Waals surface area contributed by atoms with E-state index < -0.39 is 0 Å². The van der Waals surface area contributed by atoms with Crippen LogP contribution in [0.2, 0.25) is 0 Å². The molecule has 0 aliphatic rings. The van der Waals surface area contributed by atoms with Gasteiger partial charge in [-0.05, 0) is 35.7 Å². The maximum absolute atomic E-state index is 12.3. The Labute approximate surface area is 185 Å². The van der Waals surface area contributed by atoms with Crippen LogP contribution < -0.4 is 10.3 Å². The minimum atomic E-state index is -0.114. The zero-order valence-electron chi connectivity index (χ0n) is 16.5. The van der Waals surface area contributed by atoms with Gasteiger partial charge in [-0.1, -0.05) is 42.1 Å². The Kier molecular flexibility index (Phi) is 5.27. The molecule has 0 atom stereocenters. The topological polar surface area (TPSA) is 85.7 Å². The molecule has 0 unspecified atom stereocenters. The van der Waals surface area contributed by atoms with Crippen molar-refractivity contribution in [2.45, 2.75) is 10.9 Å². The van der Waals surface area contributed by atoms with Gasteiger partial charge in [-0.15, -0.1) is 21.5 Å². The largest absolute Gasteiger partial charge is 0.497 e. The van der Waals surface area contributed by atoms with Crippen LogP contribution in [0, 0.1) is 0 Å². The lowest BCUT2D eigenvalue weighted by atomic mass is 10.2. The average Bonchev–Trinajstić information content (AvgIpc) is 3.46. The molecule has 5 aromatic rings. The summed E-state index contributed by atoms with van der Waals surface area (Å²) in [4.78, 5) is 19.7. The lowest BCUT2D eigenvalue weighted by Gasteiger charge is -2.11. The van der Waals surface area contributed by atoms with E-state index >= 15 is 0 Å². The third kappa shape index (κ3) is 3.85. The zero-order valence-corrected chi connectivity index (χ0v) is 18.1. The van der Waals surface area contributed by atoms with E-state index in [4.69, 9.17) is 4.74 Å². The number of hydrogen-bond acceptors (Lipinski definition) is 7. The van der Waals surface area contributed by atoms with E-state index in [0.29, 0.717) is 27.0 Å². The summed E-state index contributed by atoms with van der Waals surface area (Å²) in [5, 5.41) is 11.5. The average molecular weight is 448 g/mol. The molecule has 3 heterocycles. The molecule has 0 aliphatic heterocycles. The molecule has 0 saturated carbocycles. The molecule has 9 heteroatoms. The predicted octanol–water partition coefficient (Wildman–Crippen LogP) is 4.53. The highest BCUT2D eigenvalue weighted by Crippen LogP contribution is 2.30. The van der Waals surface area contributed by atoms with Gasteiger partial charge in [-0.25, -0.2) is 4.98 Å². The SMILES string of the molecule is COc1ccc(-n2c(SCc3nc4ccsc4c(=O)[nH]3)nnc2-c2ccccc2)cc1. The number of ether oxygens (including phenoxy) is 1. The van der Waals surface area contributed by atoms with Crippen LogP contribution in [0.5, 0.6) is 5.75 Å². The number of rotatable bonds is 6. The molecule has 0 saturated heterocycles. The van der Waals surface area contributed by atoms with Crippen LogP contribution in [0.4, 0.5) is 0 Å². The van der Waals surface area contributed by atoms with E-state index in [1.807, 2.05) is 70.6 Å². The molecule has 0 amide bonds. The first-order chi connectivity index (χ1) is 15.2. The Bertz CT molecular complexity index is 1390. The van der Waals surface area contributed by atoms with E-state index in [1.165, 1.54) is 23.1 Å². The quantitative estimate of drug-likeness (QED) is 0.385. The summed E-state index contributed by atoms with van der Waals surface area (Å²) < 4.78 is 7.93. The smallest absolute Gasteiger partial charge is 0.268 e. The van der Waals surface area contributed by atoms with Crippen molar-refractivity contribution in [3.63, 3.8) is 0 Å². The first-order valence-corrected chi connectivity index (χ1v) is 11.3. The zero-order chi connectivity index (χ0) is 21.2. The second-order valence-corrected chi connectivity index (χ2v) is 8.50. The highest BCUT2D eigenvalue weighted by Gasteiger charge is 2.17. The van der Waals surface area contributed by atoms with Gasteiger partial charge in [0.2, 0.25) is 0 Å². The van der Waals surface area contributed by atoms with Crippen molar-refractivity contribution in [1.29, 1.82) is 0 Å². The molecule has 0 spiro atoms. The Hall–Kier alpha value is -3.43. The van der Waals surface area contributed by atoms with Gasteiger partial charge in [0, 0.05) is 11.3 Å². The number of fused-ring (bicyclic) bond motifs is 1. The molecule has 0 bridgehead atoms. The van der Waals surface area contributed by atoms with Crippen molar-refractivity contribution >= 4 is 33.3 Å². The van der Waals surface area contributed by atoms with Gasteiger partial charge in [0.25, 0.3) is 5.56 Å². The van der Waals surface area contributed by atoms with Gasteiger partial charge in [0.1, 0.15) is 16.3 Å². The number of thiophene rings is 1. The van der Waals surface area contributed by atoms with E-state index in [9.17, 15) is 4.79 Å². The van der Waals surface area contributed by atoms with E-state index in [-0.39, 0.29) is 5.56 Å². The van der Waals surface area contributed by atoms with Gasteiger partial charge in [0.05, 0.1) is 18.4 Å². The molecule has 154 valence electrons. The van der Waals surface area contributed by atoms with E-state index in [1.54, 1.807) is 7.11 Å². The van der Waals surface area contributed by atoms with Gasteiger partial charge in [0.15, 0.2) is 11.0 Å². The van der Waals surface area contributed by atoms with Crippen molar-refractivity contribution in [2.75, 3.05) is 7.11 Å². The molecule has 5 rings (SSSR count). The fraction of sp³-hybridized carbons (Fsp3) is 0.0909. The second kappa shape index (κ2) is 8.37. The van der Waals surface area contributed by atoms with Gasteiger partial charge >= 0.3 is 0 Å². The number of aromatic nitrogens is 5. The maximum Gasteiger partial charge on any atom is 0.268 e. The molecule has 3 aromatic heterocycles. The van der Waals surface area contributed by atoms with Crippen LogP contribution in [0.25, 0.3) is 27.3 Å². The fourth-order valence-corrected chi connectivity index (χ4v) is 4.77. The van der Waals surface area contributed by atoms with E-state index in [2.05, 4.69) is 20.2 Å². The minimum Gasteiger partial charge on any atom is -0.497 e. The van der Waals surface area contributed by atoms with Crippen molar-refractivity contribution < 1.29 is 4.74 Å². The van der Waals surface area contributed by atoms with E-state index in [0.717, 1.165) is 22.8 Å². The molecule has 2 aromatic carbocycles. The predicted molar refractivity (Wildman–Crippen MR) is 123 cm³/mol. The standard InChI is InChI=1S/C22H17N5O2S2/c1-29-16-9-7-15(8-10-16)27-20(14-5-3-2-4-6-14)25-26-22(27)31-13-18-23-17-11-12-30-19(17)21(28)24-18/h2-12H,13H2,1H3,(H,23,24,28).